The standard InChI is InChI=1S/C8H12N3O6PS/c9-4-1-2-11(8(13)10-4)5-3-19-7(17-5)6(12)18(14,15)16/h1-2,5-7,12H,3H2,(H2,9,10,13)(H2,14,15,16)/t5-,6?,7+/m1/s1. The van der Waals surface area contributed by atoms with Crippen molar-refractivity contribution in [3.05, 3.63) is 22.7 Å². The summed E-state index contributed by atoms with van der Waals surface area (Å²) in [6.45, 7) is 0. The zero-order chi connectivity index (χ0) is 14.2. The fourth-order valence-corrected chi connectivity index (χ4v) is 3.61. The van der Waals surface area contributed by atoms with Gasteiger partial charge in [0.15, 0.2) is 5.85 Å². The number of aliphatic hydroxyl groups is 1. The van der Waals surface area contributed by atoms with Gasteiger partial charge in [0, 0.05) is 11.9 Å². The fourth-order valence-electron chi connectivity index (χ4n) is 1.52. The summed E-state index contributed by atoms with van der Waals surface area (Å²) in [5.74, 6) is -1.61. The maximum absolute atomic E-state index is 11.6. The lowest BCUT2D eigenvalue weighted by molar-refractivity contribution is -0.0231. The largest absolute Gasteiger partial charge is 0.383 e. The number of aromatic nitrogens is 2. The minimum Gasteiger partial charge on any atom is -0.383 e. The van der Waals surface area contributed by atoms with E-state index >= 15 is 0 Å². The number of anilines is 1. The summed E-state index contributed by atoms with van der Waals surface area (Å²) in [5.41, 5.74) is 3.62. The van der Waals surface area contributed by atoms with E-state index in [0.717, 1.165) is 16.3 Å². The van der Waals surface area contributed by atoms with Gasteiger partial charge in [0.05, 0.1) is 0 Å². The Hall–Kier alpha value is -0.900. The summed E-state index contributed by atoms with van der Waals surface area (Å²) in [5, 5.41) is 9.43. The number of hydrogen-bond acceptors (Lipinski definition) is 7. The van der Waals surface area contributed by atoms with E-state index in [-0.39, 0.29) is 11.6 Å². The number of nitrogens with two attached hydrogens (primary N) is 1. The van der Waals surface area contributed by atoms with Crippen LogP contribution in [0, 0.1) is 0 Å². The predicted octanol–water partition coefficient (Wildman–Crippen LogP) is -1.09. The lowest BCUT2D eigenvalue weighted by Crippen LogP contribution is -2.30. The van der Waals surface area contributed by atoms with E-state index in [9.17, 15) is 14.5 Å². The minimum atomic E-state index is -4.66. The molecule has 9 nitrogen and oxygen atoms in total. The SMILES string of the molecule is Nc1ccn([C@H]2CS[C@@H](C(O)P(=O)(O)O)O2)c(=O)n1. The van der Waals surface area contributed by atoms with Crippen LogP contribution < -0.4 is 11.4 Å². The number of thioether (sulfide) groups is 1. The van der Waals surface area contributed by atoms with Crippen molar-refractivity contribution in [3.8, 4) is 0 Å². The number of nitrogens with zero attached hydrogens (tertiary/aromatic N) is 2. The van der Waals surface area contributed by atoms with Crippen LogP contribution in [0.1, 0.15) is 6.23 Å². The Morgan fingerprint density at radius 3 is 2.89 bits per heavy atom. The first-order chi connectivity index (χ1) is 8.79. The predicted molar refractivity (Wildman–Crippen MR) is 67.3 cm³/mol. The van der Waals surface area contributed by atoms with E-state index in [2.05, 4.69) is 4.98 Å². The molecule has 1 saturated heterocycles. The number of rotatable bonds is 3. The molecule has 106 valence electrons. The highest BCUT2D eigenvalue weighted by atomic mass is 32.2. The highest BCUT2D eigenvalue weighted by molar-refractivity contribution is 8.00. The summed E-state index contributed by atoms with van der Waals surface area (Å²) >= 11 is 1.01. The normalized spacial score (nSPS) is 25.4. The number of aliphatic hydroxyl groups excluding tert-OH is 1. The average Bonchev–Trinajstić information content (AvgIpc) is 2.75. The summed E-state index contributed by atoms with van der Waals surface area (Å²) in [6, 6.07) is 1.40. The van der Waals surface area contributed by atoms with Crippen LogP contribution in [0.4, 0.5) is 5.82 Å². The monoisotopic (exact) mass is 309 g/mol. The van der Waals surface area contributed by atoms with Crippen molar-refractivity contribution in [2.24, 2.45) is 0 Å². The van der Waals surface area contributed by atoms with Crippen molar-refractivity contribution in [2.45, 2.75) is 17.5 Å². The number of nitrogen functional groups attached to an aromatic ring is 1. The molecule has 3 atom stereocenters. The zero-order valence-corrected chi connectivity index (χ0v) is 11.2. The molecule has 1 fully saturated rings. The maximum Gasteiger partial charge on any atom is 0.357 e. The van der Waals surface area contributed by atoms with Gasteiger partial charge in [0.1, 0.15) is 17.5 Å². The molecule has 0 aliphatic carbocycles. The molecule has 0 spiro atoms. The van der Waals surface area contributed by atoms with Crippen molar-refractivity contribution >= 4 is 25.2 Å². The highest BCUT2D eigenvalue weighted by Gasteiger charge is 2.41. The van der Waals surface area contributed by atoms with Gasteiger partial charge < -0.3 is 25.4 Å². The van der Waals surface area contributed by atoms with Crippen molar-refractivity contribution in [3.63, 3.8) is 0 Å². The maximum atomic E-state index is 11.6. The molecule has 0 aromatic carbocycles. The van der Waals surface area contributed by atoms with Gasteiger partial charge in [-0.2, -0.15) is 4.98 Å². The molecule has 0 radical (unpaired) electrons. The van der Waals surface area contributed by atoms with Gasteiger partial charge >= 0.3 is 13.3 Å². The summed E-state index contributed by atoms with van der Waals surface area (Å²) < 4.78 is 17.3. The molecule has 5 N–H and O–H groups in total. The third-order valence-electron chi connectivity index (χ3n) is 2.44. The van der Waals surface area contributed by atoms with Crippen molar-refractivity contribution in [2.75, 3.05) is 11.5 Å². The second-order valence-corrected chi connectivity index (χ2v) is 6.68. The molecule has 0 bridgehead atoms. The first-order valence-electron chi connectivity index (χ1n) is 5.14. The summed E-state index contributed by atoms with van der Waals surface area (Å²) in [7, 11) is -4.66. The molecular formula is C8H12N3O6PS. The molecule has 2 heterocycles. The van der Waals surface area contributed by atoms with Crippen LogP contribution in [-0.2, 0) is 9.30 Å². The Kier molecular flexibility index (Phi) is 4.00. The van der Waals surface area contributed by atoms with Crippen LogP contribution in [0.15, 0.2) is 17.1 Å². The van der Waals surface area contributed by atoms with Gasteiger partial charge in [-0.1, -0.05) is 0 Å². The van der Waals surface area contributed by atoms with Crippen LogP contribution in [-0.4, -0.2) is 41.5 Å². The van der Waals surface area contributed by atoms with Gasteiger partial charge in [0.2, 0.25) is 0 Å². The van der Waals surface area contributed by atoms with Crippen LogP contribution in [0.3, 0.4) is 0 Å². The van der Waals surface area contributed by atoms with Crippen molar-refractivity contribution in [1.29, 1.82) is 0 Å². The van der Waals surface area contributed by atoms with Crippen LogP contribution in [0.25, 0.3) is 0 Å². The molecular weight excluding hydrogens is 297 g/mol. The molecule has 11 heteroatoms. The molecule has 1 aromatic heterocycles. The van der Waals surface area contributed by atoms with Crippen molar-refractivity contribution < 1.29 is 24.2 Å². The molecule has 1 unspecified atom stereocenters. The smallest absolute Gasteiger partial charge is 0.357 e. The van der Waals surface area contributed by atoms with Crippen LogP contribution in [0.2, 0.25) is 0 Å². The van der Waals surface area contributed by atoms with Crippen molar-refractivity contribution in [1.82, 2.24) is 9.55 Å². The lowest BCUT2D eigenvalue weighted by Gasteiger charge is -2.19. The first kappa shape index (κ1) is 14.5. The van der Waals surface area contributed by atoms with Crippen LogP contribution >= 0.6 is 19.4 Å². The average molecular weight is 309 g/mol. The van der Waals surface area contributed by atoms with E-state index in [1.807, 2.05) is 0 Å². The Bertz CT molecular complexity index is 574. The number of hydrogen-bond donors (Lipinski definition) is 4. The summed E-state index contributed by atoms with van der Waals surface area (Å²) in [4.78, 5) is 32.8. The van der Waals surface area contributed by atoms with Gasteiger partial charge in [0.25, 0.3) is 0 Å². The molecule has 1 aliphatic heterocycles. The van der Waals surface area contributed by atoms with Gasteiger partial charge in [-0.25, -0.2) is 4.79 Å². The Labute approximate surface area is 111 Å². The van der Waals surface area contributed by atoms with E-state index in [1.165, 1.54) is 12.3 Å². The van der Waals surface area contributed by atoms with Crippen LogP contribution in [0.5, 0.6) is 0 Å². The van der Waals surface area contributed by atoms with E-state index in [0.29, 0.717) is 0 Å². The highest BCUT2D eigenvalue weighted by Crippen LogP contribution is 2.47. The minimum absolute atomic E-state index is 0.0682. The second kappa shape index (κ2) is 5.23. The van der Waals surface area contributed by atoms with E-state index in [4.69, 9.17) is 20.3 Å². The molecule has 0 amide bonds. The zero-order valence-electron chi connectivity index (χ0n) is 9.49. The number of ether oxygens (including phenoxy) is 1. The topological polar surface area (TPSA) is 148 Å². The Morgan fingerprint density at radius 1 is 1.63 bits per heavy atom. The van der Waals surface area contributed by atoms with E-state index < -0.39 is 30.8 Å². The summed E-state index contributed by atoms with van der Waals surface area (Å²) in [6.07, 6.45) is 0.624. The second-order valence-electron chi connectivity index (χ2n) is 3.84. The van der Waals surface area contributed by atoms with E-state index in [1.54, 1.807) is 0 Å². The molecule has 1 aromatic rings. The molecule has 1 aliphatic rings. The third kappa shape index (κ3) is 3.16. The molecule has 0 saturated carbocycles. The molecule has 19 heavy (non-hydrogen) atoms. The molecule has 2 rings (SSSR count). The fraction of sp³-hybridized carbons (Fsp3) is 0.500. The first-order valence-corrected chi connectivity index (χ1v) is 7.87. The van der Waals surface area contributed by atoms with Gasteiger partial charge in [-0.15, -0.1) is 11.8 Å². The quantitative estimate of drug-likeness (QED) is 0.511. The van der Waals surface area contributed by atoms with Gasteiger partial charge in [-0.05, 0) is 6.07 Å². The van der Waals surface area contributed by atoms with Gasteiger partial charge in [-0.3, -0.25) is 9.13 Å². The Morgan fingerprint density at radius 2 is 2.32 bits per heavy atom. The Balaban J connectivity index is 2.14. The third-order valence-corrected chi connectivity index (χ3v) is 4.78. The lowest BCUT2D eigenvalue weighted by atomic mass is 10.5.